The van der Waals surface area contributed by atoms with E-state index in [1.807, 2.05) is 0 Å². The fourth-order valence-corrected chi connectivity index (χ4v) is 6.74. The van der Waals surface area contributed by atoms with Crippen molar-refractivity contribution in [2.24, 2.45) is 22.7 Å². The van der Waals surface area contributed by atoms with Crippen molar-refractivity contribution < 1.29 is 20.4 Å². The number of hydrogen-bond acceptors (Lipinski definition) is 4. The summed E-state index contributed by atoms with van der Waals surface area (Å²) in [6.45, 7) is 4.07. The van der Waals surface area contributed by atoms with Gasteiger partial charge in [0.25, 0.3) is 0 Å². The monoisotopic (exact) mass is 348 g/mol. The molecule has 0 aromatic heterocycles. The molecule has 4 aliphatic carbocycles. The zero-order valence-electron chi connectivity index (χ0n) is 15.4. The summed E-state index contributed by atoms with van der Waals surface area (Å²) in [7, 11) is 0. The second-order valence-corrected chi connectivity index (χ2v) is 9.40. The molecular weight excluding hydrogens is 316 g/mol. The van der Waals surface area contributed by atoms with Crippen LogP contribution in [0.1, 0.15) is 58.8 Å². The zero-order valence-corrected chi connectivity index (χ0v) is 15.4. The van der Waals surface area contributed by atoms with Gasteiger partial charge in [0.05, 0.1) is 18.3 Å². The molecule has 0 aliphatic heterocycles. The maximum absolute atomic E-state index is 11.3. The summed E-state index contributed by atoms with van der Waals surface area (Å²) in [4.78, 5) is 0. The van der Waals surface area contributed by atoms with E-state index < -0.39 is 11.7 Å². The highest BCUT2D eigenvalue weighted by atomic mass is 16.4. The largest absolute Gasteiger partial charge is 0.394 e. The van der Waals surface area contributed by atoms with E-state index in [1.54, 1.807) is 0 Å². The third-order valence-corrected chi connectivity index (χ3v) is 8.49. The van der Waals surface area contributed by atoms with Crippen LogP contribution in [0.3, 0.4) is 0 Å². The minimum atomic E-state index is -1.20. The van der Waals surface area contributed by atoms with Gasteiger partial charge in [-0.25, -0.2) is 0 Å². The average molecular weight is 348 g/mol. The molecule has 0 unspecified atom stereocenters. The molecule has 140 valence electrons. The van der Waals surface area contributed by atoms with Crippen LogP contribution in [-0.4, -0.2) is 44.8 Å². The summed E-state index contributed by atoms with van der Waals surface area (Å²) in [6, 6.07) is 0. The molecule has 0 aromatic rings. The van der Waals surface area contributed by atoms with Crippen LogP contribution < -0.4 is 0 Å². The normalized spacial score (nSPS) is 50.2. The van der Waals surface area contributed by atoms with E-state index in [0.29, 0.717) is 12.3 Å². The molecule has 0 radical (unpaired) electrons. The van der Waals surface area contributed by atoms with E-state index >= 15 is 0 Å². The fraction of sp³-hybridized carbons (Fsp3) is 0.810. The first-order chi connectivity index (χ1) is 11.8. The number of rotatable bonds is 2. The quantitative estimate of drug-likeness (QED) is 0.617. The number of aliphatic hydroxyl groups is 4. The van der Waals surface area contributed by atoms with Crippen LogP contribution in [0.4, 0.5) is 0 Å². The molecule has 4 aliphatic rings. The second kappa shape index (κ2) is 5.66. The predicted molar refractivity (Wildman–Crippen MR) is 95.7 cm³/mol. The van der Waals surface area contributed by atoms with Gasteiger partial charge >= 0.3 is 0 Å². The van der Waals surface area contributed by atoms with E-state index in [0.717, 1.165) is 38.5 Å². The van der Waals surface area contributed by atoms with Gasteiger partial charge in [0.1, 0.15) is 6.10 Å². The van der Waals surface area contributed by atoms with Gasteiger partial charge in [-0.3, -0.25) is 0 Å². The molecule has 3 saturated carbocycles. The van der Waals surface area contributed by atoms with Gasteiger partial charge in [0.15, 0.2) is 0 Å². The first-order valence-corrected chi connectivity index (χ1v) is 9.87. The Morgan fingerprint density at radius 2 is 1.80 bits per heavy atom. The summed E-state index contributed by atoms with van der Waals surface area (Å²) in [6.07, 6.45) is 9.16. The van der Waals surface area contributed by atoms with Crippen molar-refractivity contribution >= 4 is 0 Å². The number of hydrogen-bond donors (Lipinski definition) is 4. The minimum absolute atomic E-state index is 0.126. The molecule has 4 heteroatoms. The van der Waals surface area contributed by atoms with Crippen molar-refractivity contribution in [1.29, 1.82) is 0 Å². The molecule has 4 nitrogen and oxygen atoms in total. The third-order valence-electron chi connectivity index (χ3n) is 8.49. The highest BCUT2D eigenvalue weighted by molar-refractivity contribution is 5.39. The molecular formula is C21H32O4. The van der Waals surface area contributed by atoms with Gasteiger partial charge in [-0.1, -0.05) is 37.1 Å². The topological polar surface area (TPSA) is 80.9 Å². The van der Waals surface area contributed by atoms with Crippen molar-refractivity contribution in [3.8, 4) is 0 Å². The molecule has 25 heavy (non-hydrogen) atoms. The van der Waals surface area contributed by atoms with E-state index in [-0.39, 0.29) is 29.5 Å². The second-order valence-electron chi connectivity index (χ2n) is 9.40. The van der Waals surface area contributed by atoms with Gasteiger partial charge in [0.2, 0.25) is 0 Å². The van der Waals surface area contributed by atoms with Gasteiger partial charge in [-0.15, -0.1) is 0 Å². The smallest absolute Gasteiger partial charge is 0.106 e. The molecule has 0 amide bonds. The summed E-state index contributed by atoms with van der Waals surface area (Å²) in [5.74, 6) is 0.741. The molecule has 3 fully saturated rings. The first kappa shape index (κ1) is 17.7. The lowest BCUT2D eigenvalue weighted by molar-refractivity contribution is -0.165. The molecule has 0 heterocycles. The highest BCUT2D eigenvalue weighted by Gasteiger charge is 2.64. The van der Waals surface area contributed by atoms with Gasteiger partial charge in [-0.05, 0) is 62.2 Å². The minimum Gasteiger partial charge on any atom is -0.394 e. The van der Waals surface area contributed by atoms with Gasteiger partial charge in [0, 0.05) is 5.41 Å². The Hall–Kier alpha value is -0.680. The summed E-state index contributed by atoms with van der Waals surface area (Å²) in [5.41, 5.74) is 1.35. The van der Waals surface area contributed by atoms with Crippen LogP contribution in [0, 0.1) is 22.7 Å². The van der Waals surface area contributed by atoms with Crippen LogP contribution >= 0.6 is 0 Å². The number of fused-ring (bicyclic) bond motifs is 5. The molecule has 7 atom stereocenters. The van der Waals surface area contributed by atoms with E-state index in [9.17, 15) is 20.4 Å². The molecule has 0 aromatic carbocycles. The van der Waals surface area contributed by atoms with Crippen molar-refractivity contribution in [3.05, 3.63) is 23.3 Å². The molecule has 0 bridgehead atoms. The van der Waals surface area contributed by atoms with E-state index in [1.165, 1.54) is 11.1 Å². The Bertz CT molecular complexity index is 625. The highest BCUT2D eigenvalue weighted by Crippen LogP contribution is 2.66. The predicted octanol–water partition coefficient (Wildman–Crippen LogP) is 2.31. The standard InChI is InChI=1S/C21H32O4/c1-19-8-5-14(23)11-13(19)3-4-15-16(19)6-9-20(2)17(15)7-10-21(20,25)18(24)12-22/h3-4,14,16-18,22-25H,5-12H2,1-2H3/t14-,16+,17-,18-,19+,20-,21-/m0/s1. The number of allylic oxidation sites excluding steroid dienone is 3. The SMILES string of the molecule is C[C@]12CC[C@@H]3C(=CC=C4C[C@@H](O)CC[C@]43C)[C@@H]1CC[C@]2(O)[C@@H](O)CO. The molecule has 0 spiro atoms. The lowest BCUT2D eigenvalue weighted by atomic mass is 9.49. The zero-order chi connectivity index (χ0) is 18.0. The van der Waals surface area contributed by atoms with Gasteiger partial charge in [-0.2, -0.15) is 0 Å². The first-order valence-electron chi connectivity index (χ1n) is 9.87. The van der Waals surface area contributed by atoms with Crippen LogP contribution in [0.25, 0.3) is 0 Å². The Morgan fingerprint density at radius 1 is 1.08 bits per heavy atom. The van der Waals surface area contributed by atoms with E-state index in [4.69, 9.17) is 0 Å². The Balaban J connectivity index is 1.72. The molecule has 4 rings (SSSR count). The average Bonchev–Trinajstić information content (AvgIpc) is 2.87. The summed E-state index contributed by atoms with van der Waals surface area (Å²) in [5, 5.41) is 41.1. The van der Waals surface area contributed by atoms with Crippen LogP contribution in [0.5, 0.6) is 0 Å². The van der Waals surface area contributed by atoms with Crippen LogP contribution in [-0.2, 0) is 0 Å². The van der Waals surface area contributed by atoms with Crippen molar-refractivity contribution in [3.63, 3.8) is 0 Å². The number of aliphatic hydroxyl groups excluding tert-OH is 3. The van der Waals surface area contributed by atoms with Crippen molar-refractivity contribution in [1.82, 2.24) is 0 Å². The van der Waals surface area contributed by atoms with Crippen molar-refractivity contribution in [2.45, 2.75) is 76.6 Å². The Morgan fingerprint density at radius 3 is 2.52 bits per heavy atom. The van der Waals surface area contributed by atoms with Crippen LogP contribution in [0.15, 0.2) is 23.3 Å². The maximum atomic E-state index is 11.3. The Kier molecular flexibility index (Phi) is 4.01. The molecule has 4 N–H and O–H groups in total. The lowest BCUT2D eigenvalue weighted by Crippen LogP contribution is -2.57. The lowest BCUT2D eigenvalue weighted by Gasteiger charge is -2.56. The summed E-state index contributed by atoms with van der Waals surface area (Å²) >= 11 is 0. The maximum Gasteiger partial charge on any atom is 0.106 e. The summed E-state index contributed by atoms with van der Waals surface area (Å²) < 4.78 is 0. The fourth-order valence-electron chi connectivity index (χ4n) is 6.74. The van der Waals surface area contributed by atoms with Crippen LogP contribution in [0.2, 0.25) is 0 Å². The molecule has 0 saturated heterocycles. The van der Waals surface area contributed by atoms with Crippen molar-refractivity contribution in [2.75, 3.05) is 6.61 Å². The van der Waals surface area contributed by atoms with E-state index in [2.05, 4.69) is 26.0 Å². The third kappa shape index (κ3) is 2.21. The van der Waals surface area contributed by atoms with Gasteiger partial charge < -0.3 is 20.4 Å². The Labute approximate surface area is 150 Å².